The van der Waals surface area contributed by atoms with Gasteiger partial charge < -0.3 is 9.64 Å². The minimum absolute atomic E-state index is 0.0360. The van der Waals surface area contributed by atoms with E-state index in [0.717, 1.165) is 0 Å². The van der Waals surface area contributed by atoms with E-state index < -0.39 is 28.3 Å². The predicted molar refractivity (Wildman–Crippen MR) is 91.0 cm³/mol. The van der Waals surface area contributed by atoms with Crippen LogP contribution in [0.1, 0.15) is 12.0 Å². The molecule has 1 amide bonds. The number of likely N-dealkylation sites (N-methyl/N-ethyl adjacent to an activating group) is 1. The second-order valence-electron chi connectivity index (χ2n) is 5.65. The topological polar surface area (TPSA) is 80.8 Å². The van der Waals surface area contributed by atoms with E-state index in [1.807, 2.05) is 0 Å². The molecule has 0 aromatic heterocycles. The fraction of sp³-hybridized carbons (Fsp3) is 0.467. The van der Waals surface area contributed by atoms with Crippen molar-refractivity contribution in [3.63, 3.8) is 0 Å². The van der Waals surface area contributed by atoms with Crippen LogP contribution in [-0.2, 0) is 30.6 Å². The van der Waals surface area contributed by atoms with Gasteiger partial charge in [-0.15, -0.1) is 0 Å². The highest BCUT2D eigenvalue weighted by Gasteiger charge is 2.32. The highest BCUT2D eigenvalue weighted by molar-refractivity contribution is 7.91. The normalized spacial score (nSPS) is 19.0. The molecule has 0 unspecified atom stereocenters. The lowest BCUT2D eigenvalue weighted by Gasteiger charge is -2.23. The molecule has 0 radical (unpaired) electrons. The molecular formula is C15H17Cl2NO5S. The van der Waals surface area contributed by atoms with Gasteiger partial charge in [-0.2, -0.15) is 0 Å². The molecule has 0 aliphatic carbocycles. The second-order valence-corrected chi connectivity index (χ2v) is 8.69. The molecule has 24 heavy (non-hydrogen) atoms. The lowest BCUT2D eigenvalue weighted by molar-refractivity contribution is -0.151. The van der Waals surface area contributed by atoms with E-state index >= 15 is 0 Å². The molecule has 2 rings (SSSR count). The molecule has 1 saturated heterocycles. The fourth-order valence-electron chi connectivity index (χ4n) is 2.40. The van der Waals surface area contributed by atoms with Crippen LogP contribution in [0.3, 0.4) is 0 Å². The molecule has 1 aromatic rings. The summed E-state index contributed by atoms with van der Waals surface area (Å²) < 4.78 is 27.8. The van der Waals surface area contributed by atoms with Gasteiger partial charge in [0, 0.05) is 13.1 Å². The number of hydrogen-bond donors (Lipinski definition) is 0. The van der Waals surface area contributed by atoms with Crippen LogP contribution in [0.25, 0.3) is 0 Å². The average Bonchev–Trinajstić information content (AvgIpc) is 2.88. The molecular weight excluding hydrogens is 377 g/mol. The summed E-state index contributed by atoms with van der Waals surface area (Å²) in [6.45, 7) is -0.423. The molecule has 0 N–H and O–H groups in total. The third kappa shape index (κ3) is 5.09. The maximum Gasteiger partial charge on any atom is 0.310 e. The minimum atomic E-state index is -3.08. The zero-order chi connectivity index (χ0) is 17.9. The van der Waals surface area contributed by atoms with Crippen molar-refractivity contribution in [2.75, 3.05) is 25.2 Å². The van der Waals surface area contributed by atoms with Crippen LogP contribution in [0.5, 0.6) is 0 Å². The van der Waals surface area contributed by atoms with E-state index in [4.69, 9.17) is 27.9 Å². The lowest BCUT2D eigenvalue weighted by atomic mass is 10.1. The number of rotatable bonds is 5. The van der Waals surface area contributed by atoms with E-state index in [1.54, 1.807) is 18.2 Å². The van der Waals surface area contributed by atoms with E-state index in [-0.39, 0.29) is 24.0 Å². The van der Waals surface area contributed by atoms with Crippen LogP contribution < -0.4 is 0 Å². The number of esters is 1. The average molecular weight is 394 g/mol. The summed E-state index contributed by atoms with van der Waals surface area (Å²) >= 11 is 11.7. The van der Waals surface area contributed by atoms with Gasteiger partial charge >= 0.3 is 5.97 Å². The summed E-state index contributed by atoms with van der Waals surface area (Å²) in [5.74, 6) is -0.979. The van der Waals surface area contributed by atoms with Gasteiger partial charge in [-0.25, -0.2) is 8.42 Å². The monoisotopic (exact) mass is 393 g/mol. The van der Waals surface area contributed by atoms with E-state index in [1.165, 1.54) is 11.9 Å². The number of ether oxygens (including phenoxy) is 1. The number of hydrogen-bond acceptors (Lipinski definition) is 5. The number of benzene rings is 1. The SMILES string of the molecule is CN(C(=O)COC(=O)Cc1ccc(Cl)c(Cl)c1)[C@@H]1CCS(=O)(=O)C1. The van der Waals surface area contributed by atoms with Crippen molar-refractivity contribution in [3.05, 3.63) is 33.8 Å². The molecule has 1 heterocycles. The number of halogens is 2. The smallest absolute Gasteiger partial charge is 0.310 e. The third-order valence-electron chi connectivity index (χ3n) is 3.84. The maximum absolute atomic E-state index is 12.0. The Kier molecular flexibility index (Phi) is 6.11. The van der Waals surface area contributed by atoms with Gasteiger partial charge in [0.1, 0.15) is 0 Å². The molecule has 0 saturated carbocycles. The van der Waals surface area contributed by atoms with E-state index in [2.05, 4.69) is 0 Å². The third-order valence-corrected chi connectivity index (χ3v) is 6.33. The summed E-state index contributed by atoms with van der Waals surface area (Å²) in [5.41, 5.74) is 0.622. The van der Waals surface area contributed by atoms with Crippen molar-refractivity contribution >= 4 is 44.9 Å². The summed E-state index contributed by atoms with van der Waals surface area (Å²) in [5, 5.41) is 0.720. The lowest BCUT2D eigenvalue weighted by Crippen LogP contribution is -2.40. The Hall–Kier alpha value is -1.31. The highest BCUT2D eigenvalue weighted by atomic mass is 35.5. The van der Waals surface area contributed by atoms with E-state index in [0.29, 0.717) is 22.0 Å². The van der Waals surface area contributed by atoms with Crippen molar-refractivity contribution in [2.45, 2.75) is 18.9 Å². The Bertz CT molecular complexity index is 750. The van der Waals surface area contributed by atoms with Gasteiger partial charge in [-0.1, -0.05) is 29.3 Å². The Morgan fingerprint density at radius 1 is 1.29 bits per heavy atom. The molecule has 9 heteroatoms. The fourth-order valence-corrected chi connectivity index (χ4v) is 4.49. The van der Waals surface area contributed by atoms with Crippen molar-refractivity contribution in [1.82, 2.24) is 4.90 Å². The summed E-state index contributed by atoms with van der Waals surface area (Å²) in [6, 6.07) is 4.41. The molecule has 132 valence electrons. The number of amides is 1. The first-order chi connectivity index (χ1) is 11.2. The zero-order valence-corrected chi connectivity index (χ0v) is 15.3. The first kappa shape index (κ1) is 19.0. The number of carbonyl (C=O) groups excluding carboxylic acids is 2. The van der Waals surface area contributed by atoms with Crippen molar-refractivity contribution in [2.24, 2.45) is 0 Å². The van der Waals surface area contributed by atoms with Gasteiger partial charge in [0.2, 0.25) is 0 Å². The molecule has 6 nitrogen and oxygen atoms in total. The first-order valence-corrected chi connectivity index (χ1v) is 9.81. The standard InChI is InChI=1S/C15H17Cl2NO5S/c1-18(11-4-5-24(21,22)9-11)14(19)8-23-15(20)7-10-2-3-12(16)13(17)6-10/h2-3,6,11H,4-5,7-9H2,1H3/t11-/m1/s1. The van der Waals surface area contributed by atoms with Crippen LogP contribution in [0.15, 0.2) is 18.2 Å². The Morgan fingerprint density at radius 3 is 2.58 bits per heavy atom. The maximum atomic E-state index is 12.0. The molecule has 0 spiro atoms. The van der Waals surface area contributed by atoms with Crippen molar-refractivity contribution < 1.29 is 22.7 Å². The Labute approximate surface area is 150 Å². The molecule has 1 aromatic carbocycles. The van der Waals surface area contributed by atoms with Crippen LogP contribution in [-0.4, -0.2) is 56.4 Å². The predicted octanol–water partition coefficient (Wildman–Crippen LogP) is 1.72. The van der Waals surface area contributed by atoms with Gasteiger partial charge in [-0.3, -0.25) is 9.59 Å². The zero-order valence-electron chi connectivity index (χ0n) is 13.0. The first-order valence-electron chi connectivity index (χ1n) is 7.23. The van der Waals surface area contributed by atoms with Crippen LogP contribution >= 0.6 is 23.2 Å². The largest absolute Gasteiger partial charge is 0.455 e. The van der Waals surface area contributed by atoms with Crippen LogP contribution in [0.2, 0.25) is 10.0 Å². The second kappa shape index (κ2) is 7.72. The molecule has 1 aliphatic heterocycles. The van der Waals surface area contributed by atoms with Gasteiger partial charge in [0.25, 0.3) is 5.91 Å². The molecule has 0 bridgehead atoms. The Balaban J connectivity index is 1.82. The van der Waals surface area contributed by atoms with Crippen molar-refractivity contribution in [3.8, 4) is 0 Å². The summed E-state index contributed by atoms with van der Waals surface area (Å²) in [7, 11) is -1.56. The van der Waals surface area contributed by atoms with Gasteiger partial charge in [-0.05, 0) is 24.1 Å². The minimum Gasteiger partial charge on any atom is -0.455 e. The van der Waals surface area contributed by atoms with E-state index in [9.17, 15) is 18.0 Å². The molecule has 1 aliphatic rings. The van der Waals surface area contributed by atoms with Crippen molar-refractivity contribution in [1.29, 1.82) is 0 Å². The van der Waals surface area contributed by atoms with Crippen LogP contribution in [0.4, 0.5) is 0 Å². The summed E-state index contributed by atoms with van der Waals surface area (Å²) in [6.07, 6.45) is 0.369. The van der Waals surface area contributed by atoms with Gasteiger partial charge in [0.05, 0.1) is 28.0 Å². The van der Waals surface area contributed by atoms with Crippen LogP contribution in [0, 0.1) is 0 Å². The highest BCUT2D eigenvalue weighted by Crippen LogP contribution is 2.23. The molecule has 1 atom stereocenters. The quantitative estimate of drug-likeness (QED) is 0.711. The molecule has 1 fully saturated rings. The number of nitrogens with zero attached hydrogens (tertiary/aromatic N) is 1. The number of carbonyl (C=O) groups is 2. The summed E-state index contributed by atoms with van der Waals surface area (Å²) in [4.78, 5) is 25.1. The number of sulfone groups is 1. The Morgan fingerprint density at radius 2 is 2.00 bits per heavy atom. The van der Waals surface area contributed by atoms with Gasteiger partial charge in [0.15, 0.2) is 16.4 Å².